The van der Waals surface area contributed by atoms with Crippen molar-refractivity contribution in [2.24, 2.45) is 11.7 Å². The number of primary amides is 1. The van der Waals surface area contributed by atoms with Crippen LogP contribution in [0, 0.1) is 5.92 Å². The molecule has 1 saturated carbocycles. The number of aryl methyl sites for hydroxylation is 1. The molecule has 25 heavy (non-hydrogen) atoms. The fourth-order valence-electron chi connectivity index (χ4n) is 3.06. The number of anilines is 1. The summed E-state index contributed by atoms with van der Waals surface area (Å²) in [4.78, 5) is 23.4. The average Bonchev–Trinajstić information content (AvgIpc) is 2.53. The SMILES string of the molecule is NC(=O)[C@@H]1CCC[C@H](NC(=O)Nc2ccccc2CCC(F)(F)F)C1. The molecule has 1 fully saturated rings. The van der Waals surface area contributed by atoms with Gasteiger partial charge in [0.05, 0.1) is 0 Å². The second-order valence-corrected chi connectivity index (χ2v) is 6.33. The van der Waals surface area contributed by atoms with Gasteiger partial charge in [-0.05, 0) is 37.3 Å². The van der Waals surface area contributed by atoms with Crippen molar-refractivity contribution < 1.29 is 22.8 Å². The number of alkyl halides is 3. The Morgan fingerprint density at radius 3 is 2.60 bits per heavy atom. The Hall–Kier alpha value is -2.25. The molecule has 1 aromatic rings. The van der Waals surface area contributed by atoms with Gasteiger partial charge < -0.3 is 16.4 Å². The molecule has 5 nitrogen and oxygen atoms in total. The number of hydrogen-bond donors (Lipinski definition) is 3. The van der Waals surface area contributed by atoms with Crippen LogP contribution in [0.5, 0.6) is 0 Å². The summed E-state index contributed by atoms with van der Waals surface area (Å²) in [6.45, 7) is 0. The highest BCUT2D eigenvalue weighted by molar-refractivity contribution is 5.90. The summed E-state index contributed by atoms with van der Waals surface area (Å²) in [6, 6.07) is 5.75. The number of nitrogens with one attached hydrogen (secondary N) is 2. The molecule has 138 valence electrons. The molecule has 2 rings (SSSR count). The molecule has 1 aromatic carbocycles. The summed E-state index contributed by atoms with van der Waals surface area (Å²) < 4.78 is 37.2. The van der Waals surface area contributed by atoms with Gasteiger partial charge in [-0.2, -0.15) is 13.2 Å². The van der Waals surface area contributed by atoms with E-state index in [-0.39, 0.29) is 24.3 Å². The van der Waals surface area contributed by atoms with Crippen molar-refractivity contribution in [3.8, 4) is 0 Å². The van der Waals surface area contributed by atoms with Crippen LogP contribution in [0.4, 0.5) is 23.7 Å². The molecule has 1 aliphatic carbocycles. The first-order valence-corrected chi connectivity index (χ1v) is 8.26. The topological polar surface area (TPSA) is 84.2 Å². The molecule has 2 atom stereocenters. The minimum absolute atomic E-state index is 0.173. The summed E-state index contributed by atoms with van der Waals surface area (Å²) in [5, 5.41) is 5.38. The zero-order valence-electron chi connectivity index (χ0n) is 13.7. The van der Waals surface area contributed by atoms with Crippen LogP contribution >= 0.6 is 0 Å². The van der Waals surface area contributed by atoms with Gasteiger partial charge in [-0.15, -0.1) is 0 Å². The van der Waals surface area contributed by atoms with Crippen LogP contribution in [0.3, 0.4) is 0 Å². The van der Waals surface area contributed by atoms with Crippen molar-refractivity contribution in [1.82, 2.24) is 5.32 Å². The first-order chi connectivity index (χ1) is 11.7. The molecular weight excluding hydrogens is 335 g/mol. The molecule has 1 aliphatic rings. The standard InChI is InChI=1S/C17H22F3N3O2/c18-17(19,20)9-8-11-4-1-2-7-14(11)23-16(25)22-13-6-3-5-12(10-13)15(21)24/h1-2,4,7,12-13H,3,5-6,8-10H2,(H2,21,24)(H2,22,23,25)/t12-,13+/m1/s1. The number of rotatable bonds is 5. The maximum absolute atomic E-state index is 12.4. The molecule has 0 bridgehead atoms. The van der Waals surface area contributed by atoms with Crippen LogP contribution < -0.4 is 16.4 Å². The maximum Gasteiger partial charge on any atom is 0.389 e. The minimum atomic E-state index is -4.25. The molecule has 4 N–H and O–H groups in total. The van der Waals surface area contributed by atoms with E-state index >= 15 is 0 Å². The quantitative estimate of drug-likeness (QED) is 0.755. The number of urea groups is 1. The van der Waals surface area contributed by atoms with Gasteiger partial charge in [0.2, 0.25) is 5.91 Å². The number of halogens is 3. The maximum atomic E-state index is 12.4. The van der Waals surface area contributed by atoms with Crippen molar-refractivity contribution in [2.45, 2.75) is 50.7 Å². The van der Waals surface area contributed by atoms with E-state index in [0.717, 1.165) is 19.3 Å². The third kappa shape index (κ3) is 6.28. The van der Waals surface area contributed by atoms with Gasteiger partial charge >= 0.3 is 12.2 Å². The van der Waals surface area contributed by atoms with Crippen molar-refractivity contribution >= 4 is 17.6 Å². The predicted octanol–water partition coefficient (Wildman–Crippen LogP) is 3.35. The average molecular weight is 357 g/mol. The fourth-order valence-corrected chi connectivity index (χ4v) is 3.06. The van der Waals surface area contributed by atoms with Crippen molar-refractivity contribution in [2.75, 3.05) is 5.32 Å². The lowest BCUT2D eigenvalue weighted by Crippen LogP contribution is -2.43. The van der Waals surface area contributed by atoms with Crippen LogP contribution in [0.15, 0.2) is 24.3 Å². The molecule has 0 heterocycles. The van der Waals surface area contributed by atoms with Gasteiger partial charge in [0.25, 0.3) is 0 Å². The van der Waals surface area contributed by atoms with Gasteiger partial charge in [-0.3, -0.25) is 4.79 Å². The van der Waals surface area contributed by atoms with Gasteiger partial charge in [-0.25, -0.2) is 4.79 Å². The van der Waals surface area contributed by atoms with Crippen molar-refractivity contribution in [3.05, 3.63) is 29.8 Å². The molecule has 0 unspecified atom stereocenters. The Labute approximate surface area is 144 Å². The Kier molecular flexibility index (Phi) is 6.27. The van der Waals surface area contributed by atoms with E-state index in [1.165, 1.54) is 0 Å². The highest BCUT2D eigenvalue weighted by Gasteiger charge is 2.28. The highest BCUT2D eigenvalue weighted by Crippen LogP contribution is 2.26. The van der Waals surface area contributed by atoms with E-state index < -0.39 is 18.6 Å². The summed E-state index contributed by atoms with van der Waals surface area (Å²) >= 11 is 0. The highest BCUT2D eigenvalue weighted by atomic mass is 19.4. The molecular formula is C17H22F3N3O2. The molecule has 3 amide bonds. The number of carbonyl (C=O) groups is 2. The number of benzene rings is 1. The zero-order valence-corrected chi connectivity index (χ0v) is 13.7. The van der Waals surface area contributed by atoms with Crippen molar-refractivity contribution in [1.29, 1.82) is 0 Å². The number of nitrogens with two attached hydrogens (primary N) is 1. The van der Waals surface area contributed by atoms with E-state index in [2.05, 4.69) is 10.6 Å². The Balaban J connectivity index is 1.93. The van der Waals surface area contributed by atoms with E-state index in [9.17, 15) is 22.8 Å². The Bertz CT molecular complexity index is 619. The lowest BCUT2D eigenvalue weighted by molar-refractivity contribution is -0.134. The molecule has 0 aromatic heterocycles. The number of amides is 3. The monoisotopic (exact) mass is 357 g/mol. The third-order valence-electron chi connectivity index (χ3n) is 4.36. The Morgan fingerprint density at radius 2 is 1.92 bits per heavy atom. The summed E-state index contributed by atoms with van der Waals surface area (Å²) in [6.07, 6.45) is -2.66. The van der Waals surface area contributed by atoms with Crippen LogP contribution in [-0.4, -0.2) is 24.2 Å². The first-order valence-electron chi connectivity index (χ1n) is 8.26. The van der Waals surface area contributed by atoms with E-state index in [4.69, 9.17) is 5.73 Å². The molecule has 0 aliphatic heterocycles. The van der Waals surface area contributed by atoms with E-state index in [1.54, 1.807) is 24.3 Å². The van der Waals surface area contributed by atoms with Crippen LogP contribution in [0.25, 0.3) is 0 Å². The number of hydrogen-bond acceptors (Lipinski definition) is 2. The summed E-state index contributed by atoms with van der Waals surface area (Å²) in [5.41, 5.74) is 6.09. The largest absolute Gasteiger partial charge is 0.389 e. The van der Waals surface area contributed by atoms with Gasteiger partial charge in [-0.1, -0.05) is 24.6 Å². The zero-order chi connectivity index (χ0) is 18.4. The second-order valence-electron chi connectivity index (χ2n) is 6.33. The van der Waals surface area contributed by atoms with Crippen LogP contribution in [0.1, 0.15) is 37.7 Å². The number of carbonyl (C=O) groups excluding carboxylic acids is 2. The first kappa shape index (κ1) is 19.1. The van der Waals surface area contributed by atoms with Crippen LogP contribution in [-0.2, 0) is 11.2 Å². The molecule has 0 spiro atoms. The second kappa shape index (κ2) is 8.22. The van der Waals surface area contributed by atoms with Crippen molar-refractivity contribution in [3.63, 3.8) is 0 Å². The fraction of sp³-hybridized carbons (Fsp3) is 0.529. The smallest absolute Gasteiger partial charge is 0.369 e. The molecule has 8 heteroatoms. The predicted molar refractivity (Wildman–Crippen MR) is 87.9 cm³/mol. The van der Waals surface area contributed by atoms with Gasteiger partial charge in [0.1, 0.15) is 0 Å². The minimum Gasteiger partial charge on any atom is -0.369 e. The molecule has 0 saturated heterocycles. The summed E-state index contributed by atoms with van der Waals surface area (Å²) in [5.74, 6) is -0.623. The Morgan fingerprint density at radius 1 is 1.20 bits per heavy atom. The molecule has 0 radical (unpaired) electrons. The van der Waals surface area contributed by atoms with Gasteiger partial charge in [0.15, 0.2) is 0 Å². The summed E-state index contributed by atoms with van der Waals surface area (Å²) in [7, 11) is 0. The van der Waals surface area contributed by atoms with E-state index in [1.807, 2.05) is 0 Å². The van der Waals surface area contributed by atoms with E-state index in [0.29, 0.717) is 17.7 Å². The normalized spacial score (nSPS) is 20.8. The number of para-hydroxylation sites is 1. The lowest BCUT2D eigenvalue weighted by atomic mass is 9.85. The third-order valence-corrected chi connectivity index (χ3v) is 4.36. The van der Waals surface area contributed by atoms with Crippen LogP contribution in [0.2, 0.25) is 0 Å². The lowest BCUT2D eigenvalue weighted by Gasteiger charge is -2.28. The van der Waals surface area contributed by atoms with Gasteiger partial charge in [0, 0.05) is 24.1 Å².